The zero-order valence-corrected chi connectivity index (χ0v) is 9.43. The van der Waals surface area contributed by atoms with E-state index in [1.807, 2.05) is 6.92 Å². The van der Waals surface area contributed by atoms with Gasteiger partial charge < -0.3 is 14.6 Å². The van der Waals surface area contributed by atoms with Gasteiger partial charge in [0.2, 0.25) is 5.88 Å². The molecule has 1 aromatic heterocycles. The summed E-state index contributed by atoms with van der Waals surface area (Å²) in [5.74, 6) is 0.909. The number of furan rings is 1. The molecule has 0 radical (unpaired) electrons. The van der Waals surface area contributed by atoms with Crippen molar-refractivity contribution in [2.24, 2.45) is 0 Å². The van der Waals surface area contributed by atoms with E-state index in [4.69, 9.17) is 33.0 Å². The molecule has 0 amide bonds. The molecule has 0 fully saturated rings. The van der Waals surface area contributed by atoms with Gasteiger partial charge in [0.1, 0.15) is 16.5 Å². The van der Waals surface area contributed by atoms with E-state index < -0.39 is 0 Å². The number of hydrogen-bond acceptors (Lipinski definition) is 3. The van der Waals surface area contributed by atoms with Crippen molar-refractivity contribution in [2.75, 3.05) is 5.32 Å². The molecular weight excluding hydrogens is 237 g/mol. The summed E-state index contributed by atoms with van der Waals surface area (Å²) in [4.78, 5) is 1.63. The topological polar surface area (TPSA) is 52.3 Å². The van der Waals surface area contributed by atoms with Gasteiger partial charge in [-0.3, -0.25) is 5.41 Å². The van der Waals surface area contributed by atoms with Crippen molar-refractivity contribution in [3.05, 3.63) is 28.6 Å². The van der Waals surface area contributed by atoms with E-state index in [0.29, 0.717) is 17.3 Å². The zero-order chi connectivity index (χ0) is 11.0. The van der Waals surface area contributed by atoms with Gasteiger partial charge in [-0.2, -0.15) is 0 Å². The fourth-order valence-corrected chi connectivity index (χ4v) is 1.69. The second kappa shape index (κ2) is 3.79. The summed E-state index contributed by atoms with van der Waals surface area (Å²) in [6, 6.07) is 1.72. The molecule has 1 aliphatic rings. The highest BCUT2D eigenvalue weighted by Crippen LogP contribution is 2.27. The molecule has 0 aliphatic carbocycles. The average molecular weight is 246 g/mol. The Hall–Kier alpha value is -1.13. The van der Waals surface area contributed by atoms with Gasteiger partial charge in [-0.05, 0) is 13.0 Å². The second-order valence-electron chi connectivity index (χ2n) is 3.16. The van der Waals surface area contributed by atoms with Crippen LogP contribution in [0.5, 0.6) is 0 Å². The summed E-state index contributed by atoms with van der Waals surface area (Å²) in [6.07, 6.45) is 2.91. The minimum Gasteiger partial charge on any atom is -0.448 e. The van der Waals surface area contributed by atoms with Gasteiger partial charge in [0.25, 0.3) is 0 Å². The molecule has 0 unspecified atom stereocenters. The van der Waals surface area contributed by atoms with Crippen LogP contribution in [0.4, 0.5) is 5.88 Å². The predicted octanol–water partition coefficient (Wildman–Crippen LogP) is 2.95. The Morgan fingerprint density at radius 1 is 1.67 bits per heavy atom. The Labute approximate surface area is 97.0 Å². The van der Waals surface area contributed by atoms with E-state index >= 15 is 0 Å². The third-order valence-electron chi connectivity index (χ3n) is 2.17. The molecule has 2 rings (SSSR count). The van der Waals surface area contributed by atoms with E-state index in [1.54, 1.807) is 11.0 Å². The lowest BCUT2D eigenvalue weighted by Crippen LogP contribution is -2.43. The van der Waals surface area contributed by atoms with Crippen molar-refractivity contribution in [1.82, 2.24) is 4.90 Å². The average Bonchev–Trinajstić information content (AvgIpc) is 2.59. The number of halogens is 2. The molecule has 4 nitrogen and oxygen atoms in total. The van der Waals surface area contributed by atoms with Crippen molar-refractivity contribution in [2.45, 2.75) is 13.1 Å². The van der Waals surface area contributed by atoms with Crippen LogP contribution in [-0.4, -0.2) is 16.9 Å². The van der Waals surface area contributed by atoms with Crippen LogP contribution >= 0.6 is 23.2 Å². The van der Waals surface area contributed by atoms with Crippen LogP contribution < -0.4 is 5.32 Å². The normalized spacial score (nSPS) is 19.5. The van der Waals surface area contributed by atoms with E-state index in [-0.39, 0.29) is 10.7 Å². The number of amidine groups is 1. The molecule has 1 aliphatic heterocycles. The van der Waals surface area contributed by atoms with E-state index in [1.165, 1.54) is 12.5 Å². The first-order valence-corrected chi connectivity index (χ1v) is 5.09. The minimum absolute atomic E-state index is 0.111. The fraction of sp³-hybridized carbons (Fsp3) is 0.222. The molecule has 2 N–H and O–H groups in total. The molecule has 1 atom stereocenters. The Morgan fingerprint density at radius 2 is 2.40 bits per heavy atom. The van der Waals surface area contributed by atoms with Crippen molar-refractivity contribution in [3.8, 4) is 0 Å². The van der Waals surface area contributed by atoms with Crippen LogP contribution in [0.25, 0.3) is 0 Å². The molecule has 0 aromatic carbocycles. The molecule has 0 bridgehead atoms. The van der Waals surface area contributed by atoms with Crippen molar-refractivity contribution < 1.29 is 4.42 Å². The lowest BCUT2D eigenvalue weighted by molar-refractivity contribution is 0.439. The molecule has 80 valence electrons. The first-order valence-electron chi connectivity index (χ1n) is 4.33. The molecule has 1 aromatic rings. The molecule has 2 heterocycles. The third kappa shape index (κ3) is 1.82. The molecule has 0 saturated heterocycles. The van der Waals surface area contributed by atoms with Crippen molar-refractivity contribution >= 4 is 34.9 Å². The van der Waals surface area contributed by atoms with E-state index in [2.05, 4.69) is 5.32 Å². The number of nitrogens with zero attached hydrogens (tertiary/aromatic N) is 1. The fourth-order valence-electron chi connectivity index (χ4n) is 1.48. The first-order chi connectivity index (χ1) is 7.09. The van der Waals surface area contributed by atoms with Gasteiger partial charge in [-0.25, -0.2) is 0 Å². The Balaban J connectivity index is 2.38. The number of rotatable bonds is 1. The molecule has 15 heavy (non-hydrogen) atoms. The van der Waals surface area contributed by atoms with Gasteiger partial charge in [0.15, 0.2) is 0 Å². The number of fused-ring (bicyclic) bond motifs is 1. The van der Waals surface area contributed by atoms with Crippen LogP contribution in [0.1, 0.15) is 12.5 Å². The van der Waals surface area contributed by atoms with Crippen LogP contribution in [0, 0.1) is 5.41 Å². The van der Waals surface area contributed by atoms with Crippen LogP contribution in [-0.2, 0) is 0 Å². The van der Waals surface area contributed by atoms with E-state index in [0.717, 1.165) is 0 Å². The van der Waals surface area contributed by atoms with Crippen LogP contribution in [0.15, 0.2) is 27.4 Å². The van der Waals surface area contributed by atoms with Gasteiger partial charge in [-0.1, -0.05) is 23.2 Å². The summed E-state index contributed by atoms with van der Waals surface area (Å²) >= 11 is 11.2. The maximum Gasteiger partial charge on any atom is 0.205 e. The minimum atomic E-state index is -0.122. The number of anilines is 1. The summed E-state index contributed by atoms with van der Waals surface area (Å²) in [7, 11) is 0. The maximum atomic E-state index is 7.93. The lowest BCUT2D eigenvalue weighted by Gasteiger charge is -2.32. The Kier molecular flexibility index (Phi) is 2.63. The predicted molar refractivity (Wildman–Crippen MR) is 60.2 cm³/mol. The monoisotopic (exact) mass is 245 g/mol. The lowest BCUT2D eigenvalue weighted by atomic mass is 10.2. The number of nitrogens with one attached hydrogen (secondary N) is 2. The first kappa shape index (κ1) is 10.4. The highest BCUT2D eigenvalue weighted by atomic mass is 35.5. The largest absolute Gasteiger partial charge is 0.448 e. The van der Waals surface area contributed by atoms with Crippen LogP contribution in [0.2, 0.25) is 0 Å². The molecule has 6 heteroatoms. The Morgan fingerprint density at radius 3 is 3.07 bits per heavy atom. The van der Waals surface area contributed by atoms with Crippen LogP contribution in [0.3, 0.4) is 0 Å². The van der Waals surface area contributed by atoms with Gasteiger partial charge in [0, 0.05) is 6.20 Å². The smallest absolute Gasteiger partial charge is 0.205 e. The van der Waals surface area contributed by atoms with Crippen molar-refractivity contribution in [1.29, 1.82) is 5.41 Å². The highest BCUT2D eigenvalue weighted by Gasteiger charge is 2.27. The summed E-state index contributed by atoms with van der Waals surface area (Å²) in [6.45, 7) is 1.88. The number of hydrogen-bond donors (Lipinski definition) is 2. The van der Waals surface area contributed by atoms with Gasteiger partial charge in [0.05, 0.1) is 11.8 Å². The summed E-state index contributed by atoms with van der Waals surface area (Å²) < 4.78 is 5.30. The van der Waals surface area contributed by atoms with Crippen molar-refractivity contribution in [3.63, 3.8) is 0 Å². The zero-order valence-electron chi connectivity index (χ0n) is 7.92. The van der Waals surface area contributed by atoms with Gasteiger partial charge >= 0.3 is 0 Å². The maximum absolute atomic E-state index is 7.93. The third-order valence-corrected chi connectivity index (χ3v) is 2.37. The Bertz CT molecular complexity index is 423. The SMILES string of the molecule is C[C@H]1Nc2occc2C(=N)N1C=C(Cl)Cl. The standard InChI is InChI=1S/C9H9Cl2N3O/c1-5-13-9-6(2-3-15-9)8(12)14(5)4-7(10)11/h2-5,12-13H,1H3/t5-/m0/s1. The molecular formula is C9H9Cl2N3O. The van der Waals surface area contributed by atoms with Gasteiger partial charge in [-0.15, -0.1) is 0 Å². The molecule has 0 spiro atoms. The second-order valence-corrected chi connectivity index (χ2v) is 4.17. The summed E-state index contributed by atoms with van der Waals surface area (Å²) in [5, 5.41) is 11.0. The molecule has 0 saturated carbocycles. The quantitative estimate of drug-likeness (QED) is 0.800. The highest BCUT2D eigenvalue weighted by molar-refractivity contribution is 6.55. The van der Waals surface area contributed by atoms with E-state index in [9.17, 15) is 0 Å². The summed E-state index contributed by atoms with van der Waals surface area (Å²) in [5.41, 5.74) is 0.693.